The van der Waals surface area contributed by atoms with E-state index in [0.717, 1.165) is 30.3 Å². The number of benzene rings is 1. The molecule has 1 N–H and O–H groups in total. The summed E-state index contributed by atoms with van der Waals surface area (Å²) in [4.78, 5) is 0. The molecule has 0 atom stereocenters. The van der Waals surface area contributed by atoms with Crippen molar-refractivity contribution in [3.05, 3.63) is 35.0 Å². The first-order chi connectivity index (χ1) is 7.81. The first-order valence-electron chi connectivity index (χ1n) is 5.14. The van der Waals surface area contributed by atoms with Gasteiger partial charge >= 0.3 is 0 Å². The Hall–Kier alpha value is -1.13. The minimum Gasteiger partial charge on any atom is -0.337 e. The molecular weight excluding hydrogens is 242 g/mol. The summed E-state index contributed by atoms with van der Waals surface area (Å²) in [6.07, 6.45) is 2.15. The van der Waals surface area contributed by atoms with E-state index in [2.05, 4.69) is 27.1 Å². The number of nitrogens with zero attached hydrogens (tertiary/aromatic N) is 2. The Kier molecular flexibility index (Phi) is 3.74. The smallest absolute Gasteiger partial charge is 0.187 e. The number of aryl methyl sites for hydroxylation is 1. The highest BCUT2D eigenvalue weighted by molar-refractivity contribution is 6.99. The second-order valence-corrected chi connectivity index (χ2v) is 4.32. The Labute approximate surface area is 104 Å². The topological polar surface area (TPSA) is 37.8 Å². The fourth-order valence-corrected chi connectivity index (χ4v) is 2.15. The second-order valence-electron chi connectivity index (χ2n) is 3.44. The van der Waals surface area contributed by atoms with Crippen LogP contribution in [0.2, 0.25) is 5.15 Å². The van der Waals surface area contributed by atoms with Gasteiger partial charge in [-0.05, 0) is 18.1 Å². The van der Waals surface area contributed by atoms with E-state index in [1.54, 1.807) is 0 Å². The van der Waals surface area contributed by atoms with Crippen molar-refractivity contribution in [3.63, 3.8) is 0 Å². The van der Waals surface area contributed by atoms with Crippen molar-refractivity contribution >= 4 is 34.8 Å². The van der Waals surface area contributed by atoms with E-state index in [-0.39, 0.29) is 0 Å². The van der Waals surface area contributed by atoms with Crippen molar-refractivity contribution in [1.29, 1.82) is 0 Å². The zero-order valence-corrected chi connectivity index (χ0v) is 10.5. The molecular formula is C11H12ClN3S. The summed E-state index contributed by atoms with van der Waals surface area (Å²) in [5.41, 5.74) is 2.33. The van der Waals surface area contributed by atoms with Crippen LogP contribution in [0.15, 0.2) is 24.3 Å². The summed E-state index contributed by atoms with van der Waals surface area (Å²) in [6.45, 7) is 2.16. The molecule has 5 heteroatoms. The number of halogens is 1. The Balaban J connectivity index is 2.24. The highest BCUT2D eigenvalue weighted by Crippen LogP contribution is 2.25. The first-order valence-corrected chi connectivity index (χ1v) is 6.25. The number of aromatic nitrogens is 2. The monoisotopic (exact) mass is 253 g/mol. The molecule has 0 fully saturated rings. The van der Waals surface area contributed by atoms with Gasteiger partial charge in [-0.25, -0.2) is 0 Å². The van der Waals surface area contributed by atoms with Gasteiger partial charge in [0.2, 0.25) is 0 Å². The summed E-state index contributed by atoms with van der Waals surface area (Å²) in [5.74, 6) is 0.634. The molecule has 0 unspecified atom stereocenters. The Morgan fingerprint density at radius 3 is 2.81 bits per heavy atom. The van der Waals surface area contributed by atoms with Crippen LogP contribution in [0.25, 0.3) is 0 Å². The molecule has 1 aromatic heterocycles. The number of rotatable bonds is 4. The molecule has 0 bridgehead atoms. The van der Waals surface area contributed by atoms with Gasteiger partial charge < -0.3 is 5.32 Å². The average molecular weight is 254 g/mol. The van der Waals surface area contributed by atoms with Crippen LogP contribution in [0, 0.1) is 0 Å². The predicted molar refractivity (Wildman–Crippen MR) is 68.6 cm³/mol. The zero-order chi connectivity index (χ0) is 11.4. The van der Waals surface area contributed by atoms with Crippen LogP contribution in [0.3, 0.4) is 0 Å². The van der Waals surface area contributed by atoms with Crippen LogP contribution < -0.4 is 5.32 Å². The molecule has 1 aromatic carbocycles. The van der Waals surface area contributed by atoms with Crippen molar-refractivity contribution in [3.8, 4) is 0 Å². The number of hydrogen-bond acceptors (Lipinski definition) is 4. The lowest BCUT2D eigenvalue weighted by Crippen LogP contribution is -1.96. The molecule has 0 spiro atoms. The van der Waals surface area contributed by atoms with E-state index >= 15 is 0 Å². The van der Waals surface area contributed by atoms with Gasteiger partial charge in [0.05, 0.1) is 11.7 Å². The Morgan fingerprint density at radius 1 is 1.31 bits per heavy atom. The third-order valence-corrected chi connectivity index (χ3v) is 3.13. The zero-order valence-electron chi connectivity index (χ0n) is 8.90. The van der Waals surface area contributed by atoms with Crippen molar-refractivity contribution in [2.75, 3.05) is 5.32 Å². The van der Waals surface area contributed by atoms with Gasteiger partial charge in [0.15, 0.2) is 11.0 Å². The van der Waals surface area contributed by atoms with Crippen LogP contribution >= 0.6 is 23.3 Å². The molecule has 2 aromatic rings. The fraction of sp³-hybridized carbons (Fsp3) is 0.273. The van der Waals surface area contributed by atoms with Crippen LogP contribution in [-0.4, -0.2) is 8.75 Å². The molecule has 0 aliphatic carbocycles. The maximum atomic E-state index is 5.89. The van der Waals surface area contributed by atoms with Crippen molar-refractivity contribution < 1.29 is 0 Å². The van der Waals surface area contributed by atoms with E-state index in [1.807, 2.05) is 18.2 Å². The molecule has 1 heterocycles. The summed E-state index contributed by atoms with van der Waals surface area (Å²) in [6, 6.07) is 8.17. The van der Waals surface area contributed by atoms with Gasteiger partial charge in [0, 0.05) is 5.69 Å². The third kappa shape index (κ3) is 2.51. The molecule has 0 aliphatic heterocycles. The largest absolute Gasteiger partial charge is 0.337 e. The Bertz CT molecular complexity index is 470. The van der Waals surface area contributed by atoms with Crippen molar-refractivity contribution in [1.82, 2.24) is 8.75 Å². The van der Waals surface area contributed by atoms with Crippen molar-refractivity contribution in [2.24, 2.45) is 0 Å². The maximum Gasteiger partial charge on any atom is 0.187 e. The molecule has 3 nitrogen and oxygen atoms in total. The third-order valence-electron chi connectivity index (χ3n) is 2.24. The lowest BCUT2D eigenvalue weighted by atomic mass is 10.1. The summed E-state index contributed by atoms with van der Waals surface area (Å²) >= 11 is 7.00. The fourth-order valence-electron chi connectivity index (χ4n) is 1.51. The molecule has 16 heavy (non-hydrogen) atoms. The predicted octanol–water partition coefficient (Wildman–Crippen LogP) is 3.89. The van der Waals surface area contributed by atoms with Crippen LogP contribution in [0.5, 0.6) is 0 Å². The number of hydrogen-bond donors (Lipinski definition) is 1. The molecule has 0 amide bonds. The first kappa shape index (κ1) is 11.4. The van der Waals surface area contributed by atoms with Crippen LogP contribution in [0.4, 0.5) is 11.5 Å². The van der Waals surface area contributed by atoms with E-state index in [1.165, 1.54) is 5.56 Å². The highest BCUT2D eigenvalue weighted by atomic mass is 35.5. The standard InChI is InChI=1S/C11H12ClN3S/c1-2-5-8-6-3-4-7-9(8)13-11-10(12)14-16-15-11/h3-4,6-7H,2,5H2,1H3,(H,13,15). The molecule has 0 saturated carbocycles. The van der Waals surface area contributed by atoms with Crippen LogP contribution in [0.1, 0.15) is 18.9 Å². The van der Waals surface area contributed by atoms with Gasteiger partial charge in [0.25, 0.3) is 0 Å². The quantitative estimate of drug-likeness (QED) is 0.898. The highest BCUT2D eigenvalue weighted by Gasteiger charge is 2.07. The van der Waals surface area contributed by atoms with Gasteiger partial charge in [-0.15, -0.1) is 0 Å². The lowest BCUT2D eigenvalue weighted by Gasteiger charge is -2.09. The molecule has 0 aliphatic rings. The maximum absolute atomic E-state index is 5.89. The number of para-hydroxylation sites is 1. The number of nitrogens with one attached hydrogen (secondary N) is 1. The van der Waals surface area contributed by atoms with Gasteiger partial charge in [-0.2, -0.15) is 8.75 Å². The molecule has 84 valence electrons. The second kappa shape index (κ2) is 5.27. The number of anilines is 2. The normalized spacial score (nSPS) is 10.4. The van der Waals surface area contributed by atoms with Crippen molar-refractivity contribution in [2.45, 2.75) is 19.8 Å². The van der Waals surface area contributed by atoms with E-state index in [9.17, 15) is 0 Å². The molecule has 0 radical (unpaired) electrons. The van der Waals surface area contributed by atoms with E-state index in [0.29, 0.717) is 11.0 Å². The van der Waals surface area contributed by atoms with Gasteiger partial charge in [-0.1, -0.05) is 43.1 Å². The average Bonchev–Trinajstić information content (AvgIpc) is 2.68. The minimum atomic E-state index is 0.427. The summed E-state index contributed by atoms with van der Waals surface area (Å²) < 4.78 is 8.02. The molecule has 2 rings (SSSR count). The van der Waals surface area contributed by atoms with Crippen LogP contribution in [-0.2, 0) is 6.42 Å². The van der Waals surface area contributed by atoms with E-state index in [4.69, 9.17) is 11.6 Å². The van der Waals surface area contributed by atoms with E-state index < -0.39 is 0 Å². The SMILES string of the molecule is CCCc1ccccc1Nc1nsnc1Cl. The van der Waals surface area contributed by atoms with Gasteiger partial charge in [0.1, 0.15) is 0 Å². The summed E-state index contributed by atoms with van der Waals surface area (Å²) in [5, 5.41) is 3.64. The lowest BCUT2D eigenvalue weighted by molar-refractivity contribution is 0.923. The molecule has 0 saturated heterocycles. The minimum absolute atomic E-state index is 0.427. The Morgan fingerprint density at radius 2 is 2.12 bits per heavy atom. The van der Waals surface area contributed by atoms with Gasteiger partial charge in [-0.3, -0.25) is 0 Å². The summed E-state index contributed by atoms with van der Waals surface area (Å²) in [7, 11) is 0.